The predicted octanol–water partition coefficient (Wildman–Crippen LogP) is 0.597. The fraction of sp³-hybridized carbons (Fsp3) is 0.364. The molecule has 1 amide bonds. The first-order chi connectivity index (χ1) is 8.70. The minimum Gasteiger partial charge on any atom is -0.397 e. The Morgan fingerprint density at radius 3 is 2.58 bits per heavy atom. The normalized spacial score (nSPS) is 11.6. The molecule has 1 rings (SSSR count). The third-order valence-corrected chi connectivity index (χ3v) is 4.90. The molecule has 3 N–H and O–H groups in total. The fourth-order valence-corrected chi connectivity index (χ4v) is 3.06. The Hall–Kier alpha value is -1.31. The van der Waals surface area contributed by atoms with Crippen molar-refractivity contribution in [2.45, 2.75) is 11.8 Å². The number of sulfonamides is 1. The van der Waals surface area contributed by atoms with Crippen LogP contribution in [0, 0.1) is 6.92 Å². The van der Waals surface area contributed by atoms with Crippen LogP contribution in [0.2, 0.25) is 5.02 Å². The van der Waals surface area contributed by atoms with Crippen molar-refractivity contribution >= 4 is 33.2 Å². The highest BCUT2D eigenvalue weighted by molar-refractivity contribution is 7.89. The Kier molecular flexibility index (Phi) is 4.78. The highest BCUT2D eigenvalue weighted by Crippen LogP contribution is 2.27. The Labute approximate surface area is 117 Å². The van der Waals surface area contributed by atoms with Crippen molar-refractivity contribution in [3.8, 4) is 0 Å². The summed E-state index contributed by atoms with van der Waals surface area (Å²) in [5.41, 5.74) is 6.27. The number of benzene rings is 1. The molecule has 0 spiro atoms. The largest absolute Gasteiger partial charge is 0.397 e. The Bertz CT molecular complexity index is 601. The highest BCUT2D eigenvalue weighted by atomic mass is 35.5. The van der Waals surface area contributed by atoms with Crippen molar-refractivity contribution in [2.24, 2.45) is 0 Å². The topological polar surface area (TPSA) is 92.5 Å². The molecule has 0 aromatic heterocycles. The summed E-state index contributed by atoms with van der Waals surface area (Å²) in [6.07, 6.45) is 0. The number of nitrogens with one attached hydrogen (secondary N) is 1. The van der Waals surface area contributed by atoms with E-state index in [9.17, 15) is 13.2 Å². The van der Waals surface area contributed by atoms with Gasteiger partial charge in [-0.15, -0.1) is 0 Å². The number of nitrogen functional groups attached to an aromatic ring is 1. The molecule has 19 heavy (non-hydrogen) atoms. The first-order valence-corrected chi connectivity index (χ1v) is 7.24. The highest BCUT2D eigenvalue weighted by Gasteiger charge is 2.25. The molecule has 106 valence electrons. The smallest absolute Gasteiger partial charge is 0.243 e. The molecule has 0 aliphatic heterocycles. The van der Waals surface area contributed by atoms with Gasteiger partial charge in [-0.3, -0.25) is 4.79 Å². The third kappa shape index (κ3) is 3.37. The first-order valence-electron chi connectivity index (χ1n) is 5.42. The maximum absolute atomic E-state index is 12.3. The summed E-state index contributed by atoms with van der Waals surface area (Å²) in [7, 11) is -1.01. The molecule has 0 heterocycles. The van der Waals surface area contributed by atoms with Crippen LogP contribution in [0.1, 0.15) is 5.56 Å². The van der Waals surface area contributed by atoms with E-state index in [0.717, 1.165) is 4.31 Å². The van der Waals surface area contributed by atoms with Gasteiger partial charge in [0.25, 0.3) is 0 Å². The standard InChI is InChI=1S/C11H16ClN3O3S/c1-7-4-8(12)9(13)5-10(7)19(17,18)15(3)6-11(16)14-2/h4-5H,6,13H2,1-3H3,(H,14,16). The van der Waals surface area contributed by atoms with Crippen molar-refractivity contribution in [2.75, 3.05) is 26.4 Å². The van der Waals surface area contributed by atoms with E-state index in [1.807, 2.05) is 0 Å². The van der Waals surface area contributed by atoms with Gasteiger partial charge in [-0.05, 0) is 24.6 Å². The number of carbonyl (C=O) groups is 1. The van der Waals surface area contributed by atoms with Crippen molar-refractivity contribution in [1.29, 1.82) is 0 Å². The van der Waals surface area contributed by atoms with E-state index in [-0.39, 0.29) is 17.1 Å². The van der Waals surface area contributed by atoms with Crippen LogP contribution < -0.4 is 11.1 Å². The lowest BCUT2D eigenvalue weighted by Crippen LogP contribution is -2.37. The molecule has 0 fully saturated rings. The van der Waals surface area contributed by atoms with Crippen LogP contribution in [0.3, 0.4) is 0 Å². The number of hydrogen-bond donors (Lipinski definition) is 2. The van der Waals surface area contributed by atoms with Crippen LogP contribution in [0.5, 0.6) is 0 Å². The Balaban J connectivity index is 3.20. The molecule has 0 saturated carbocycles. The number of rotatable bonds is 4. The average Bonchev–Trinajstić information content (AvgIpc) is 2.33. The molecule has 1 aromatic rings. The van der Waals surface area contributed by atoms with E-state index in [4.69, 9.17) is 17.3 Å². The number of nitrogens with two attached hydrogens (primary N) is 1. The minimum absolute atomic E-state index is 0.0424. The second kappa shape index (κ2) is 5.77. The maximum Gasteiger partial charge on any atom is 0.243 e. The van der Waals surface area contributed by atoms with E-state index in [2.05, 4.69) is 5.32 Å². The zero-order valence-electron chi connectivity index (χ0n) is 10.9. The maximum atomic E-state index is 12.3. The molecular formula is C11H16ClN3O3S. The van der Waals surface area contributed by atoms with Crippen LogP contribution in [0.15, 0.2) is 17.0 Å². The average molecular weight is 306 g/mol. The van der Waals surface area contributed by atoms with Gasteiger partial charge in [-0.25, -0.2) is 8.42 Å². The number of nitrogens with zero attached hydrogens (tertiary/aromatic N) is 1. The van der Waals surface area contributed by atoms with Crippen LogP contribution in [0.4, 0.5) is 5.69 Å². The molecule has 0 unspecified atom stereocenters. The number of anilines is 1. The van der Waals surface area contributed by atoms with E-state index >= 15 is 0 Å². The molecule has 0 atom stereocenters. The number of likely N-dealkylation sites (N-methyl/N-ethyl adjacent to an activating group) is 2. The van der Waals surface area contributed by atoms with Crippen LogP contribution in [-0.2, 0) is 14.8 Å². The molecule has 0 aliphatic rings. The van der Waals surface area contributed by atoms with Gasteiger partial charge in [-0.1, -0.05) is 11.6 Å². The summed E-state index contributed by atoms with van der Waals surface area (Å²) < 4.78 is 25.6. The third-order valence-electron chi connectivity index (χ3n) is 2.63. The minimum atomic E-state index is -3.78. The summed E-state index contributed by atoms with van der Waals surface area (Å²) in [6.45, 7) is 1.35. The Morgan fingerprint density at radius 2 is 2.05 bits per heavy atom. The second-order valence-corrected chi connectivity index (χ2v) is 6.49. The predicted molar refractivity (Wildman–Crippen MR) is 74.5 cm³/mol. The van der Waals surface area contributed by atoms with Gasteiger partial charge in [-0.2, -0.15) is 4.31 Å². The van der Waals surface area contributed by atoms with Crippen molar-refractivity contribution in [3.05, 3.63) is 22.7 Å². The summed E-state index contributed by atoms with van der Waals surface area (Å²) >= 11 is 5.82. The lowest BCUT2D eigenvalue weighted by molar-refractivity contribution is -0.120. The quantitative estimate of drug-likeness (QED) is 0.797. The number of halogens is 1. The SMILES string of the molecule is CNC(=O)CN(C)S(=O)(=O)c1cc(N)c(Cl)cc1C. The zero-order chi connectivity index (χ0) is 14.8. The molecule has 0 bridgehead atoms. The van der Waals surface area contributed by atoms with Gasteiger partial charge in [0.05, 0.1) is 22.2 Å². The Morgan fingerprint density at radius 1 is 1.47 bits per heavy atom. The number of amides is 1. The van der Waals surface area contributed by atoms with Gasteiger partial charge in [0.15, 0.2) is 0 Å². The fourth-order valence-electron chi connectivity index (χ4n) is 1.48. The van der Waals surface area contributed by atoms with E-state index in [1.165, 1.54) is 26.2 Å². The summed E-state index contributed by atoms with van der Waals surface area (Å²) in [5.74, 6) is -0.398. The number of aryl methyl sites for hydroxylation is 1. The lowest BCUT2D eigenvalue weighted by Gasteiger charge is -2.18. The zero-order valence-corrected chi connectivity index (χ0v) is 12.5. The second-order valence-electron chi connectivity index (χ2n) is 4.07. The van der Waals surface area contributed by atoms with E-state index in [0.29, 0.717) is 10.6 Å². The van der Waals surface area contributed by atoms with Gasteiger partial charge >= 0.3 is 0 Å². The van der Waals surface area contributed by atoms with Crippen LogP contribution in [0.25, 0.3) is 0 Å². The van der Waals surface area contributed by atoms with Gasteiger partial charge in [0, 0.05) is 14.1 Å². The summed E-state index contributed by atoms with van der Waals surface area (Å²) in [5, 5.41) is 2.66. The van der Waals surface area contributed by atoms with E-state index < -0.39 is 15.9 Å². The number of hydrogen-bond acceptors (Lipinski definition) is 4. The van der Waals surface area contributed by atoms with E-state index in [1.54, 1.807) is 6.92 Å². The lowest BCUT2D eigenvalue weighted by atomic mass is 10.2. The molecule has 0 saturated heterocycles. The molecular weight excluding hydrogens is 290 g/mol. The van der Waals surface area contributed by atoms with Crippen molar-refractivity contribution in [3.63, 3.8) is 0 Å². The van der Waals surface area contributed by atoms with Gasteiger partial charge in [0.2, 0.25) is 15.9 Å². The molecule has 6 nitrogen and oxygen atoms in total. The van der Waals surface area contributed by atoms with Gasteiger partial charge < -0.3 is 11.1 Å². The van der Waals surface area contributed by atoms with Gasteiger partial charge in [0.1, 0.15) is 0 Å². The summed E-state index contributed by atoms with van der Waals surface area (Å²) in [4.78, 5) is 11.3. The molecule has 1 aromatic carbocycles. The van der Waals surface area contributed by atoms with Crippen LogP contribution >= 0.6 is 11.6 Å². The van der Waals surface area contributed by atoms with Crippen molar-refractivity contribution in [1.82, 2.24) is 9.62 Å². The molecule has 0 radical (unpaired) electrons. The monoisotopic (exact) mass is 305 g/mol. The van der Waals surface area contributed by atoms with Crippen molar-refractivity contribution < 1.29 is 13.2 Å². The molecule has 0 aliphatic carbocycles. The molecule has 8 heteroatoms. The number of carbonyl (C=O) groups excluding carboxylic acids is 1. The summed E-state index contributed by atoms with van der Waals surface area (Å²) in [6, 6.07) is 2.78. The first kappa shape index (κ1) is 15.7. The van der Waals surface area contributed by atoms with Crippen LogP contribution in [-0.4, -0.2) is 39.3 Å².